The van der Waals surface area contributed by atoms with E-state index < -0.39 is 15.8 Å². The summed E-state index contributed by atoms with van der Waals surface area (Å²) in [6, 6.07) is 9.83. The van der Waals surface area contributed by atoms with Crippen molar-refractivity contribution in [2.75, 3.05) is 11.4 Å². The molecule has 7 nitrogen and oxygen atoms in total. The normalized spacial score (nSPS) is 11.6. The topological polar surface area (TPSA) is 85.5 Å². The minimum Gasteiger partial charge on any atom is -0.494 e. The van der Waals surface area contributed by atoms with Crippen LogP contribution >= 0.6 is 11.6 Å². The summed E-state index contributed by atoms with van der Waals surface area (Å²) in [5.74, 6) is -0.827. The number of benzene rings is 2. The van der Waals surface area contributed by atoms with Gasteiger partial charge < -0.3 is 9.26 Å². The van der Waals surface area contributed by atoms with Gasteiger partial charge in [-0.15, -0.1) is 0 Å². The Morgan fingerprint density at radius 1 is 1.14 bits per heavy atom. The second-order valence-corrected chi connectivity index (χ2v) is 8.14. The fourth-order valence-electron chi connectivity index (χ4n) is 2.85. The molecule has 148 valence electrons. The van der Waals surface area contributed by atoms with Crippen molar-refractivity contribution in [2.24, 2.45) is 0 Å². The predicted molar refractivity (Wildman–Crippen MR) is 106 cm³/mol. The van der Waals surface area contributed by atoms with Gasteiger partial charge in [0.15, 0.2) is 5.82 Å². The van der Waals surface area contributed by atoms with Crippen LogP contribution < -0.4 is 9.04 Å². The third-order valence-electron chi connectivity index (χ3n) is 4.22. The maximum absolute atomic E-state index is 13.9. The van der Waals surface area contributed by atoms with E-state index in [4.69, 9.17) is 20.9 Å². The summed E-state index contributed by atoms with van der Waals surface area (Å²) in [6.45, 7) is 0. The zero-order valence-corrected chi connectivity index (χ0v) is 16.5. The lowest BCUT2D eigenvalue weighted by molar-refractivity contribution is 0.411. The first-order valence-corrected chi connectivity index (χ1v) is 10.1. The summed E-state index contributed by atoms with van der Waals surface area (Å²) >= 11 is 5.92. The molecule has 2 aromatic carbocycles. The summed E-state index contributed by atoms with van der Waals surface area (Å²) in [6.07, 6.45) is 4.42. The van der Waals surface area contributed by atoms with Crippen molar-refractivity contribution in [2.45, 2.75) is 4.90 Å². The molecule has 0 fully saturated rings. The molecule has 4 rings (SSSR count). The zero-order chi connectivity index (χ0) is 20.6. The Bertz CT molecular complexity index is 1300. The molecule has 4 aromatic rings. The molecule has 0 aliphatic carbocycles. The number of fused-ring (bicyclic) bond motifs is 1. The van der Waals surface area contributed by atoms with Crippen LogP contribution in [0.25, 0.3) is 10.8 Å². The third-order valence-corrected chi connectivity index (χ3v) is 6.23. The van der Waals surface area contributed by atoms with E-state index in [1.54, 1.807) is 24.5 Å². The van der Waals surface area contributed by atoms with E-state index in [2.05, 4.69) is 10.1 Å². The van der Waals surface area contributed by atoms with E-state index in [-0.39, 0.29) is 27.2 Å². The van der Waals surface area contributed by atoms with Crippen LogP contribution in [0.2, 0.25) is 5.02 Å². The molecule has 0 aliphatic rings. The quantitative estimate of drug-likeness (QED) is 0.459. The van der Waals surface area contributed by atoms with Crippen molar-refractivity contribution < 1.29 is 22.1 Å². The first-order valence-electron chi connectivity index (χ1n) is 8.24. The van der Waals surface area contributed by atoms with E-state index in [1.165, 1.54) is 31.6 Å². The maximum Gasteiger partial charge on any atom is 0.270 e. The third kappa shape index (κ3) is 3.39. The number of pyridine rings is 1. The van der Waals surface area contributed by atoms with Crippen LogP contribution in [0, 0.1) is 5.82 Å². The van der Waals surface area contributed by atoms with Gasteiger partial charge in [0.05, 0.1) is 17.0 Å². The molecule has 0 bridgehead atoms. The minimum absolute atomic E-state index is 0.0115. The van der Waals surface area contributed by atoms with Gasteiger partial charge in [0, 0.05) is 29.9 Å². The number of hydrogen-bond acceptors (Lipinski definition) is 6. The monoisotopic (exact) mass is 433 g/mol. The zero-order valence-electron chi connectivity index (χ0n) is 14.9. The Hall–Kier alpha value is -3.17. The molecule has 29 heavy (non-hydrogen) atoms. The highest BCUT2D eigenvalue weighted by Gasteiger charge is 2.32. The smallest absolute Gasteiger partial charge is 0.270 e. The molecule has 0 spiro atoms. The highest BCUT2D eigenvalue weighted by atomic mass is 35.5. The van der Waals surface area contributed by atoms with Crippen molar-refractivity contribution >= 4 is 43.9 Å². The number of ether oxygens (including phenoxy) is 1. The van der Waals surface area contributed by atoms with Crippen LogP contribution in [0.3, 0.4) is 0 Å². The second-order valence-electron chi connectivity index (χ2n) is 5.95. The molecule has 0 amide bonds. The van der Waals surface area contributed by atoms with Gasteiger partial charge >= 0.3 is 0 Å². The Balaban J connectivity index is 1.96. The summed E-state index contributed by atoms with van der Waals surface area (Å²) in [4.78, 5) is 4.01. The van der Waals surface area contributed by atoms with E-state index in [9.17, 15) is 12.8 Å². The average molecular weight is 434 g/mol. The number of aromatic nitrogens is 2. The Morgan fingerprint density at radius 3 is 2.69 bits per heavy atom. The summed E-state index contributed by atoms with van der Waals surface area (Å²) in [7, 11) is -2.91. The van der Waals surface area contributed by atoms with E-state index >= 15 is 0 Å². The molecule has 10 heteroatoms. The number of anilines is 2. The second kappa shape index (κ2) is 7.34. The van der Waals surface area contributed by atoms with Crippen molar-refractivity contribution in [3.8, 4) is 5.75 Å². The first-order chi connectivity index (χ1) is 13.9. The summed E-state index contributed by atoms with van der Waals surface area (Å²) < 4.78 is 52.0. The SMILES string of the molecule is COc1cc(F)c(Cl)cc1N(c1ccon1)S(=O)(=O)c1ccc2cnccc2c1. The van der Waals surface area contributed by atoms with Gasteiger partial charge in [0.25, 0.3) is 10.0 Å². The van der Waals surface area contributed by atoms with Crippen LogP contribution in [0.5, 0.6) is 5.75 Å². The lowest BCUT2D eigenvalue weighted by Gasteiger charge is -2.24. The van der Waals surface area contributed by atoms with E-state index in [0.717, 1.165) is 21.8 Å². The number of sulfonamides is 1. The highest BCUT2D eigenvalue weighted by molar-refractivity contribution is 7.93. The summed E-state index contributed by atoms with van der Waals surface area (Å²) in [5, 5.41) is 4.94. The average Bonchev–Trinajstić information content (AvgIpc) is 3.24. The van der Waals surface area contributed by atoms with Crippen molar-refractivity contribution in [1.29, 1.82) is 0 Å². The van der Waals surface area contributed by atoms with Gasteiger partial charge in [-0.25, -0.2) is 17.1 Å². The van der Waals surface area contributed by atoms with Crippen LogP contribution in [0.1, 0.15) is 0 Å². The van der Waals surface area contributed by atoms with Crippen molar-refractivity contribution in [3.05, 3.63) is 72.0 Å². The Labute approximate surface area is 170 Å². The molecule has 2 heterocycles. The molecule has 2 aromatic heterocycles. The molecule has 0 atom stereocenters. The Kier molecular flexibility index (Phi) is 4.85. The molecule has 0 saturated carbocycles. The molecular formula is C19H13ClFN3O4S. The van der Waals surface area contributed by atoms with E-state index in [1.807, 2.05) is 0 Å². The molecule has 0 radical (unpaired) electrons. The van der Waals surface area contributed by atoms with E-state index in [0.29, 0.717) is 5.39 Å². The molecule has 0 N–H and O–H groups in total. The van der Waals surface area contributed by atoms with Gasteiger partial charge in [-0.05, 0) is 29.7 Å². The van der Waals surface area contributed by atoms with Crippen molar-refractivity contribution in [3.63, 3.8) is 0 Å². The lowest BCUT2D eigenvalue weighted by atomic mass is 10.2. The first kappa shape index (κ1) is 19.2. The number of methoxy groups -OCH3 is 1. The maximum atomic E-state index is 13.9. The predicted octanol–water partition coefficient (Wildman–Crippen LogP) is 4.55. The molecule has 0 unspecified atom stereocenters. The van der Waals surface area contributed by atoms with Crippen LogP contribution in [-0.2, 0) is 10.0 Å². The number of nitrogens with zero attached hydrogens (tertiary/aromatic N) is 3. The van der Waals surface area contributed by atoms with Gasteiger partial charge in [-0.2, -0.15) is 0 Å². The van der Waals surface area contributed by atoms with Gasteiger partial charge in [-0.1, -0.05) is 22.8 Å². The number of rotatable bonds is 5. The fourth-order valence-corrected chi connectivity index (χ4v) is 4.48. The highest BCUT2D eigenvalue weighted by Crippen LogP contribution is 2.40. The molecular weight excluding hydrogens is 421 g/mol. The number of hydrogen-bond donors (Lipinski definition) is 0. The van der Waals surface area contributed by atoms with Crippen molar-refractivity contribution in [1.82, 2.24) is 10.1 Å². The minimum atomic E-state index is -4.20. The standard InChI is InChI=1S/C19H13ClFN3O4S/c1-27-18-10-16(21)15(20)9-17(18)24(19-5-7-28-23-19)29(25,26)14-3-2-13-11-22-6-4-12(13)8-14/h2-11H,1H3. The fraction of sp³-hybridized carbons (Fsp3) is 0.0526. The molecule has 0 saturated heterocycles. The van der Waals surface area contributed by atoms with Crippen LogP contribution in [0.4, 0.5) is 15.9 Å². The molecule has 0 aliphatic heterocycles. The Morgan fingerprint density at radius 2 is 1.97 bits per heavy atom. The van der Waals surface area contributed by atoms with Gasteiger partial charge in [0.2, 0.25) is 0 Å². The van der Waals surface area contributed by atoms with Gasteiger partial charge in [-0.3, -0.25) is 4.98 Å². The van der Waals surface area contributed by atoms with Crippen LogP contribution in [0.15, 0.2) is 70.5 Å². The van der Waals surface area contributed by atoms with Crippen LogP contribution in [-0.4, -0.2) is 25.7 Å². The van der Waals surface area contributed by atoms with Gasteiger partial charge in [0.1, 0.15) is 23.5 Å². The largest absolute Gasteiger partial charge is 0.494 e. The number of halogens is 2. The lowest BCUT2D eigenvalue weighted by Crippen LogP contribution is -2.27. The summed E-state index contributed by atoms with van der Waals surface area (Å²) in [5.41, 5.74) is -0.0115.